The lowest BCUT2D eigenvalue weighted by atomic mass is 10.1. The van der Waals surface area contributed by atoms with E-state index in [1.54, 1.807) is 4.68 Å². The van der Waals surface area contributed by atoms with Gasteiger partial charge < -0.3 is 9.84 Å². The molecule has 2 heterocycles. The highest BCUT2D eigenvalue weighted by Crippen LogP contribution is 2.33. The van der Waals surface area contributed by atoms with Crippen LogP contribution < -0.4 is 4.74 Å². The molecule has 4 nitrogen and oxygen atoms in total. The van der Waals surface area contributed by atoms with Crippen molar-refractivity contribution in [3.05, 3.63) is 11.3 Å². The summed E-state index contributed by atoms with van der Waals surface area (Å²) in [6.07, 6.45) is 1.25. The lowest BCUT2D eigenvalue weighted by molar-refractivity contribution is 0.166. The average molecular weight is 182 g/mol. The number of aromatic nitrogens is 2. The zero-order chi connectivity index (χ0) is 9.42. The topological polar surface area (TPSA) is 47.3 Å². The Balaban J connectivity index is 2.50. The summed E-state index contributed by atoms with van der Waals surface area (Å²) in [6, 6.07) is 0. The van der Waals surface area contributed by atoms with E-state index in [0.29, 0.717) is 6.61 Å². The van der Waals surface area contributed by atoms with Gasteiger partial charge >= 0.3 is 0 Å². The van der Waals surface area contributed by atoms with Crippen molar-refractivity contribution in [2.24, 2.45) is 7.05 Å². The van der Waals surface area contributed by atoms with E-state index in [9.17, 15) is 5.11 Å². The van der Waals surface area contributed by atoms with Crippen LogP contribution >= 0.6 is 0 Å². The van der Waals surface area contributed by atoms with Crippen LogP contribution in [0.4, 0.5) is 0 Å². The second-order valence-electron chi connectivity index (χ2n) is 3.43. The Labute approximate surface area is 77.1 Å². The Kier molecular flexibility index (Phi) is 2.00. The number of aliphatic hydroxyl groups excluding tert-OH is 1. The molecule has 0 spiro atoms. The van der Waals surface area contributed by atoms with Gasteiger partial charge in [-0.25, -0.2) is 4.68 Å². The van der Waals surface area contributed by atoms with Crippen LogP contribution in [-0.4, -0.2) is 21.5 Å². The molecule has 0 radical (unpaired) electrons. The summed E-state index contributed by atoms with van der Waals surface area (Å²) >= 11 is 0. The fourth-order valence-corrected chi connectivity index (χ4v) is 1.80. The molecule has 13 heavy (non-hydrogen) atoms. The van der Waals surface area contributed by atoms with Crippen molar-refractivity contribution in [2.75, 3.05) is 6.61 Å². The third-order valence-corrected chi connectivity index (χ3v) is 2.41. The summed E-state index contributed by atoms with van der Waals surface area (Å²) in [6.45, 7) is 2.57. The van der Waals surface area contributed by atoms with Crippen LogP contribution in [-0.2, 0) is 7.05 Å². The lowest BCUT2D eigenvalue weighted by Gasteiger charge is -2.06. The SMILES string of the molecule is Cc1nn(C)c2c1C(O)CCCO2. The van der Waals surface area contributed by atoms with Crippen LogP contribution in [0.3, 0.4) is 0 Å². The Morgan fingerprint density at radius 1 is 1.62 bits per heavy atom. The monoisotopic (exact) mass is 182 g/mol. The fourth-order valence-electron chi connectivity index (χ4n) is 1.80. The van der Waals surface area contributed by atoms with Crippen molar-refractivity contribution >= 4 is 0 Å². The van der Waals surface area contributed by atoms with Crippen molar-refractivity contribution in [3.63, 3.8) is 0 Å². The minimum Gasteiger partial charge on any atom is -0.478 e. The van der Waals surface area contributed by atoms with Crippen molar-refractivity contribution < 1.29 is 9.84 Å². The number of hydrogen-bond donors (Lipinski definition) is 1. The molecule has 0 saturated carbocycles. The van der Waals surface area contributed by atoms with Gasteiger partial charge in [0.1, 0.15) is 0 Å². The van der Waals surface area contributed by atoms with Crippen molar-refractivity contribution in [2.45, 2.75) is 25.9 Å². The number of rotatable bonds is 0. The predicted molar refractivity (Wildman–Crippen MR) is 47.6 cm³/mol. The number of hydrogen-bond acceptors (Lipinski definition) is 3. The van der Waals surface area contributed by atoms with E-state index in [2.05, 4.69) is 5.10 Å². The first-order valence-corrected chi connectivity index (χ1v) is 4.54. The Hall–Kier alpha value is -1.03. The van der Waals surface area contributed by atoms with Gasteiger partial charge in [-0.2, -0.15) is 5.10 Å². The average Bonchev–Trinajstić information content (AvgIpc) is 2.28. The first-order chi connectivity index (χ1) is 6.20. The number of ether oxygens (including phenoxy) is 1. The molecule has 1 aromatic heterocycles. The van der Waals surface area contributed by atoms with Crippen LogP contribution in [0.15, 0.2) is 0 Å². The normalized spacial score (nSPS) is 21.9. The molecule has 0 bridgehead atoms. The van der Waals surface area contributed by atoms with Gasteiger partial charge in [-0.05, 0) is 19.8 Å². The fraction of sp³-hybridized carbons (Fsp3) is 0.667. The summed E-state index contributed by atoms with van der Waals surface area (Å²) in [5.74, 6) is 0.725. The summed E-state index contributed by atoms with van der Waals surface area (Å²) in [5.41, 5.74) is 1.73. The third kappa shape index (κ3) is 1.31. The molecule has 1 aliphatic rings. The number of aliphatic hydroxyl groups is 1. The molecule has 1 N–H and O–H groups in total. The second kappa shape index (κ2) is 3.03. The first-order valence-electron chi connectivity index (χ1n) is 4.54. The maximum atomic E-state index is 9.80. The Morgan fingerprint density at radius 3 is 3.15 bits per heavy atom. The maximum absolute atomic E-state index is 9.80. The zero-order valence-corrected chi connectivity index (χ0v) is 7.95. The van der Waals surface area contributed by atoms with Crippen molar-refractivity contribution in [1.82, 2.24) is 9.78 Å². The number of aryl methyl sites for hydroxylation is 2. The van der Waals surface area contributed by atoms with Crippen LogP contribution in [0.2, 0.25) is 0 Å². The van der Waals surface area contributed by atoms with Crippen LogP contribution in [0, 0.1) is 6.92 Å². The third-order valence-electron chi connectivity index (χ3n) is 2.41. The first kappa shape index (κ1) is 8.56. The molecule has 0 aliphatic carbocycles. The highest BCUT2D eigenvalue weighted by Gasteiger charge is 2.24. The van der Waals surface area contributed by atoms with Crippen LogP contribution in [0.5, 0.6) is 5.88 Å². The van der Waals surface area contributed by atoms with Gasteiger partial charge in [-0.1, -0.05) is 0 Å². The zero-order valence-electron chi connectivity index (χ0n) is 7.95. The number of nitrogens with zero attached hydrogens (tertiary/aromatic N) is 2. The van der Waals surface area contributed by atoms with E-state index in [4.69, 9.17) is 4.74 Å². The van der Waals surface area contributed by atoms with Gasteiger partial charge in [-0.3, -0.25) is 0 Å². The predicted octanol–water partition coefficient (Wildman–Crippen LogP) is 0.935. The van der Waals surface area contributed by atoms with Crippen LogP contribution in [0.1, 0.15) is 30.2 Å². The minimum absolute atomic E-state index is 0.411. The molecular formula is C9H14N2O2. The van der Waals surface area contributed by atoms with Gasteiger partial charge in [-0.15, -0.1) is 0 Å². The molecule has 1 aromatic rings. The maximum Gasteiger partial charge on any atom is 0.217 e. The molecule has 1 atom stereocenters. The molecule has 0 fully saturated rings. The highest BCUT2D eigenvalue weighted by atomic mass is 16.5. The lowest BCUT2D eigenvalue weighted by Crippen LogP contribution is -2.00. The molecule has 1 aliphatic heterocycles. The van der Waals surface area contributed by atoms with E-state index in [-0.39, 0.29) is 0 Å². The highest BCUT2D eigenvalue weighted by molar-refractivity contribution is 5.33. The van der Waals surface area contributed by atoms with Gasteiger partial charge in [0.25, 0.3) is 0 Å². The van der Waals surface area contributed by atoms with Gasteiger partial charge in [0.05, 0.1) is 24.0 Å². The Morgan fingerprint density at radius 2 is 2.38 bits per heavy atom. The van der Waals surface area contributed by atoms with Crippen molar-refractivity contribution in [3.8, 4) is 5.88 Å². The molecule has 0 aromatic carbocycles. The van der Waals surface area contributed by atoms with Gasteiger partial charge in [0.15, 0.2) is 0 Å². The van der Waals surface area contributed by atoms with E-state index >= 15 is 0 Å². The standard InChI is InChI=1S/C9H14N2O2/c1-6-8-7(12)4-3-5-13-9(8)11(2)10-6/h7,12H,3-5H2,1-2H3. The largest absolute Gasteiger partial charge is 0.478 e. The van der Waals surface area contributed by atoms with E-state index in [1.807, 2.05) is 14.0 Å². The smallest absolute Gasteiger partial charge is 0.217 e. The van der Waals surface area contributed by atoms with E-state index in [0.717, 1.165) is 30.0 Å². The summed E-state index contributed by atoms with van der Waals surface area (Å²) in [4.78, 5) is 0. The second-order valence-corrected chi connectivity index (χ2v) is 3.43. The molecule has 1 unspecified atom stereocenters. The minimum atomic E-state index is -0.411. The number of fused-ring (bicyclic) bond motifs is 1. The molecule has 0 amide bonds. The molecular weight excluding hydrogens is 168 g/mol. The molecule has 2 rings (SSSR count). The summed E-state index contributed by atoms with van der Waals surface area (Å²) in [5, 5.41) is 14.0. The molecule has 0 saturated heterocycles. The Bertz CT molecular complexity index is 320. The van der Waals surface area contributed by atoms with E-state index < -0.39 is 6.10 Å². The summed E-state index contributed by atoms with van der Waals surface area (Å²) < 4.78 is 7.20. The molecule has 4 heteroatoms. The van der Waals surface area contributed by atoms with Gasteiger partial charge in [0, 0.05) is 7.05 Å². The van der Waals surface area contributed by atoms with Gasteiger partial charge in [0.2, 0.25) is 5.88 Å². The van der Waals surface area contributed by atoms with Crippen LogP contribution in [0.25, 0.3) is 0 Å². The quantitative estimate of drug-likeness (QED) is 0.649. The van der Waals surface area contributed by atoms with Crippen molar-refractivity contribution in [1.29, 1.82) is 0 Å². The van der Waals surface area contributed by atoms with E-state index in [1.165, 1.54) is 0 Å². The summed E-state index contributed by atoms with van der Waals surface area (Å²) in [7, 11) is 1.84. The molecule has 72 valence electrons.